The Balaban J connectivity index is 1.84. The average molecular weight is 339 g/mol. The highest BCUT2D eigenvalue weighted by Gasteiger charge is 2.33. The van der Waals surface area contributed by atoms with Crippen LogP contribution in [0.5, 0.6) is 0 Å². The van der Waals surface area contributed by atoms with Gasteiger partial charge in [0.05, 0.1) is 18.9 Å². The van der Waals surface area contributed by atoms with Crippen molar-refractivity contribution in [2.45, 2.75) is 24.5 Å². The standard InChI is InChI=1S/C15H18FN3O3S/c1-2-18-10-12(9-17-18)14-11-19(7-8-22-14)23(20,21)15-6-4-3-5-13(15)16/h3-6,9-10,14H,2,7-8,11H2,1H3/t14-/m1/s1. The van der Waals surface area contributed by atoms with E-state index in [9.17, 15) is 12.8 Å². The number of ether oxygens (including phenoxy) is 1. The number of aryl methyl sites for hydroxylation is 1. The maximum absolute atomic E-state index is 13.9. The van der Waals surface area contributed by atoms with Gasteiger partial charge in [0.2, 0.25) is 10.0 Å². The van der Waals surface area contributed by atoms with E-state index in [1.54, 1.807) is 10.9 Å². The van der Waals surface area contributed by atoms with E-state index < -0.39 is 21.9 Å². The van der Waals surface area contributed by atoms with E-state index in [1.165, 1.54) is 22.5 Å². The summed E-state index contributed by atoms with van der Waals surface area (Å²) in [5, 5.41) is 4.18. The third kappa shape index (κ3) is 3.15. The van der Waals surface area contributed by atoms with Gasteiger partial charge in [-0.25, -0.2) is 12.8 Å². The Morgan fingerprint density at radius 3 is 2.87 bits per heavy atom. The first kappa shape index (κ1) is 16.1. The predicted molar refractivity (Wildman–Crippen MR) is 81.8 cm³/mol. The zero-order valence-electron chi connectivity index (χ0n) is 12.7. The molecule has 1 aliphatic heterocycles. The molecule has 0 bridgehead atoms. The van der Waals surface area contributed by atoms with E-state index in [4.69, 9.17) is 4.74 Å². The van der Waals surface area contributed by atoms with E-state index in [1.807, 2.05) is 13.1 Å². The van der Waals surface area contributed by atoms with Crippen molar-refractivity contribution in [1.82, 2.24) is 14.1 Å². The first-order chi connectivity index (χ1) is 11.0. The molecule has 1 atom stereocenters. The summed E-state index contributed by atoms with van der Waals surface area (Å²) in [6.45, 7) is 3.30. The molecule has 8 heteroatoms. The molecule has 0 aliphatic carbocycles. The summed E-state index contributed by atoms with van der Waals surface area (Å²) in [5.41, 5.74) is 0.820. The number of rotatable bonds is 4. The SMILES string of the molecule is CCn1cc([C@H]2CN(S(=O)(=O)c3ccccc3F)CCO2)cn1. The van der Waals surface area contributed by atoms with Crippen molar-refractivity contribution in [2.75, 3.05) is 19.7 Å². The highest BCUT2D eigenvalue weighted by Crippen LogP contribution is 2.27. The molecule has 0 amide bonds. The van der Waals surface area contributed by atoms with E-state index in [2.05, 4.69) is 5.10 Å². The van der Waals surface area contributed by atoms with Gasteiger partial charge in [-0.05, 0) is 19.1 Å². The van der Waals surface area contributed by atoms with E-state index >= 15 is 0 Å². The van der Waals surface area contributed by atoms with Gasteiger partial charge in [0.1, 0.15) is 10.7 Å². The lowest BCUT2D eigenvalue weighted by Gasteiger charge is -2.31. The third-order valence-corrected chi connectivity index (χ3v) is 5.73. The van der Waals surface area contributed by atoms with Crippen LogP contribution in [0.25, 0.3) is 0 Å². The van der Waals surface area contributed by atoms with Crippen LogP contribution in [0.1, 0.15) is 18.6 Å². The molecule has 0 spiro atoms. The normalized spacial score (nSPS) is 19.8. The summed E-state index contributed by atoms with van der Waals surface area (Å²) in [7, 11) is -3.88. The molecule has 1 saturated heterocycles. The van der Waals surface area contributed by atoms with E-state index in [0.29, 0.717) is 0 Å². The molecular weight excluding hydrogens is 321 g/mol. The van der Waals surface area contributed by atoms with Crippen LogP contribution in [-0.4, -0.2) is 42.2 Å². The maximum Gasteiger partial charge on any atom is 0.246 e. The lowest BCUT2D eigenvalue weighted by Crippen LogP contribution is -2.42. The maximum atomic E-state index is 13.9. The van der Waals surface area contributed by atoms with E-state index in [0.717, 1.165) is 18.2 Å². The number of halogens is 1. The quantitative estimate of drug-likeness (QED) is 0.852. The zero-order chi connectivity index (χ0) is 16.4. The number of sulfonamides is 1. The number of hydrogen-bond acceptors (Lipinski definition) is 4. The molecule has 3 rings (SSSR count). The highest BCUT2D eigenvalue weighted by atomic mass is 32.2. The summed E-state index contributed by atoms with van der Waals surface area (Å²) < 4.78 is 47.9. The summed E-state index contributed by atoms with van der Waals surface area (Å²) in [4.78, 5) is -0.301. The van der Waals surface area contributed by atoms with Crippen molar-refractivity contribution in [3.8, 4) is 0 Å². The molecule has 0 unspecified atom stereocenters. The van der Waals surface area contributed by atoms with Gasteiger partial charge in [0.15, 0.2) is 0 Å². The molecule has 23 heavy (non-hydrogen) atoms. The smallest absolute Gasteiger partial charge is 0.246 e. The van der Waals surface area contributed by atoms with Crippen LogP contribution >= 0.6 is 0 Å². The minimum atomic E-state index is -3.88. The van der Waals surface area contributed by atoms with Crippen molar-refractivity contribution in [1.29, 1.82) is 0 Å². The van der Waals surface area contributed by atoms with Gasteiger partial charge < -0.3 is 4.74 Å². The summed E-state index contributed by atoms with van der Waals surface area (Å²) in [6.07, 6.45) is 3.11. The van der Waals surface area contributed by atoms with Crippen molar-refractivity contribution >= 4 is 10.0 Å². The Hall–Kier alpha value is -1.77. The number of benzene rings is 1. The van der Waals surface area contributed by atoms with Crippen LogP contribution in [0, 0.1) is 5.82 Å². The van der Waals surface area contributed by atoms with Gasteiger partial charge in [-0.15, -0.1) is 0 Å². The molecule has 124 valence electrons. The number of morpholine rings is 1. The Labute approximate surface area is 134 Å². The fourth-order valence-electron chi connectivity index (χ4n) is 2.56. The largest absolute Gasteiger partial charge is 0.371 e. The van der Waals surface area contributed by atoms with Crippen LogP contribution in [0.3, 0.4) is 0 Å². The highest BCUT2D eigenvalue weighted by molar-refractivity contribution is 7.89. The molecule has 0 N–H and O–H groups in total. The molecule has 1 aliphatic rings. The van der Waals surface area contributed by atoms with Crippen molar-refractivity contribution < 1.29 is 17.5 Å². The average Bonchev–Trinajstić information content (AvgIpc) is 3.04. The Morgan fingerprint density at radius 2 is 2.17 bits per heavy atom. The van der Waals surface area contributed by atoms with E-state index in [-0.39, 0.29) is 24.6 Å². The van der Waals surface area contributed by atoms with Gasteiger partial charge in [0, 0.05) is 31.4 Å². The fourth-order valence-corrected chi connectivity index (χ4v) is 4.05. The van der Waals surface area contributed by atoms with Crippen LogP contribution in [0.15, 0.2) is 41.6 Å². The summed E-state index contributed by atoms with van der Waals surface area (Å²) in [5.74, 6) is -0.741. The fraction of sp³-hybridized carbons (Fsp3) is 0.400. The molecule has 1 fully saturated rings. The van der Waals surface area contributed by atoms with Gasteiger partial charge in [-0.2, -0.15) is 9.40 Å². The number of hydrogen-bond donors (Lipinski definition) is 0. The topological polar surface area (TPSA) is 64.4 Å². The van der Waals surface area contributed by atoms with Crippen LogP contribution < -0.4 is 0 Å². The van der Waals surface area contributed by atoms with Crippen molar-refractivity contribution in [3.63, 3.8) is 0 Å². The molecule has 1 aromatic carbocycles. The third-order valence-electron chi connectivity index (χ3n) is 3.83. The molecule has 6 nitrogen and oxygen atoms in total. The predicted octanol–water partition coefficient (Wildman–Crippen LogP) is 1.80. The van der Waals surface area contributed by atoms with Crippen LogP contribution in [0.2, 0.25) is 0 Å². The second kappa shape index (κ2) is 6.38. The summed E-state index contributed by atoms with van der Waals surface area (Å²) >= 11 is 0. The number of aromatic nitrogens is 2. The first-order valence-electron chi connectivity index (χ1n) is 7.41. The van der Waals surface area contributed by atoms with Gasteiger partial charge >= 0.3 is 0 Å². The molecule has 2 heterocycles. The Kier molecular flexibility index (Phi) is 4.47. The lowest BCUT2D eigenvalue weighted by molar-refractivity contribution is -0.00265. The zero-order valence-corrected chi connectivity index (χ0v) is 13.5. The lowest BCUT2D eigenvalue weighted by atomic mass is 10.2. The van der Waals surface area contributed by atoms with Gasteiger partial charge in [-0.3, -0.25) is 4.68 Å². The molecular formula is C15H18FN3O3S. The molecule has 2 aromatic rings. The van der Waals surface area contributed by atoms with Crippen LogP contribution in [0.4, 0.5) is 4.39 Å². The van der Waals surface area contributed by atoms with Crippen molar-refractivity contribution in [3.05, 3.63) is 48.0 Å². The number of nitrogens with zero attached hydrogens (tertiary/aromatic N) is 3. The minimum absolute atomic E-state index is 0.145. The molecule has 1 aromatic heterocycles. The monoisotopic (exact) mass is 339 g/mol. The second-order valence-electron chi connectivity index (χ2n) is 5.28. The minimum Gasteiger partial charge on any atom is -0.371 e. The second-order valence-corrected chi connectivity index (χ2v) is 7.19. The van der Waals surface area contributed by atoms with Gasteiger partial charge in [0.25, 0.3) is 0 Å². The van der Waals surface area contributed by atoms with Gasteiger partial charge in [-0.1, -0.05) is 12.1 Å². The first-order valence-corrected chi connectivity index (χ1v) is 8.85. The van der Waals surface area contributed by atoms with Crippen molar-refractivity contribution in [2.24, 2.45) is 0 Å². The summed E-state index contributed by atoms with van der Waals surface area (Å²) in [6, 6.07) is 5.41. The molecule has 0 saturated carbocycles. The molecule has 0 radical (unpaired) electrons. The Bertz CT molecular complexity index is 791. The Morgan fingerprint density at radius 1 is 1.39 bits per heavy atom. The van der Waals surface area contributed by atoms with Crippen LogP contribution in [-0.2, 0) is 21.3 Å².